The number of phenols is 1. The number of esters is 1. The molecule has 0 amide bonds. The molecule has 1 aromatic rings. The van der Waals surface area contributed by atoms with Crippen LogP contribution in [-0.2, 0) is 16.0 Å². The molecule has 0 bridgehead atoms. The van der Waals surface area contributed by atoms with Crippen LogP contribution in [0.25, 0.3) is 0 Å². The molecule has 1 aromatic carbocycles. The van der Waals surface area contributed by atoms with Gasteiger partial charge in [-0.25, -0.2) is 0 Å². The largest absolute Gasteiger partial charge is 0.508 e. The van der Waals surface area contributed by atoms with Crippen molar-refractivity contribution in [1.29, 1.82) is 0 Å². The van der Waals surface area contributed by atoms with Crippen molar-refractivity contribution in [3.63, 3.8) is 0 Å². The number of carbonyl (C=O) groups is 1. The zero-order valence-corrected chi connectivity index (χ0v) is 11.9. The second-order valence-electron chi connectivity index (χ2n) is 5.80. The van der Waals surface area contributed by atoms with Gasteiger partial charge in [0, 0.05) is 0 Å². The topological polar surface area (TPSA) is 72.5 Å². The molecule has 0 aliphatic heterocycles. The van der Waals surface area contributed by atoms with Crippen molar-refractivity contribution in [2.75, 3.05) is 0 Å². The van der Waals surface area contributed by atoms with Crippen molar-refractivity contribution in [3.8, 4) is 5.75 Å². The van der Waals surface area contributed by atoms with Crippen LogP contribution in [0.5, 0.6) is 5.75 Å². The molecule has 20 heavy (non-hydrogen) atoms. The van der Waals surface area contributed by atoms with E-state index in [1.807, 2.05) is 0 Å². The Balaban J connectivity index is 1.81. The smallest absolute Gasteiger partial charge is 0.323 e. The zero-order chi connectivity index (χ0) is 14.5. The molecule has 4 heteroatoms. The Morgan fingerprint density at radius 2 is 1.90 bits per heavy atom. The highest BCUT2D eigenvalue weighted by molar-refractivity contribution is 5.76. The van der Waals surface area contributed by atoms with E-state index in [1.54, 1.807) is 24.3 Å². The lowest BCUT2D eigenvalue weighted by atomic mass is 9.89. The van der Waals surface area contributed by atoms with E-state index in [4.69, 9.17) is 10.5 Å². The Kier molecular flexibility index (Phi) is 5.01. The van der Waals surface area contributed by atoms with Crippen molar-refractivity contribution in [1.82, 2.24) is 0 Å². The van der Waals surface area contributed by atoms with E-state index in [2.05, 4.69) is 6.92 Å². The molecule has 0 heterocycles. The second kappa shape index (κ2) is 6.75. The van der Waals surface area contributed by atoms with Crippen molar-refractivity contribution in [2.45, 2.75) is 51.2 Å². The molecule has 0 radical (unpaired) electrons. The lowest BCUT2D eigenvalue weighted by Crippen LogP contribution is -2.37. The van der Waals surface area contributed by atoms with Crippen LogP contribution in [0, 0.1) is 5.92 Å². The monoisotopic (exact) mass is 277 g/mol. The van der Waals surface area contributed by atoms with Crippen LogP contribution in [0.3, 0.4) is 0 Å². The first-order chi connectivity index (χ1) is 9.54. The summed E-state index contributed by atoms with van der Waals surface area (Å²) in [4.78, 5) is 12.0. The molecule has 2 rings (SSSR count). The first-order valence-electron chi connectivity index (χ1n) is 7.28. The van der Waals surface area contributed by atoms with Crippen LogP contribution >= 0.6 is 0 Å². The predicted octanol–water partition coefficient (Wildman–Crippen LogP) is 2.38. The summed E-state index contributed by atoms with van der Waals surface area (Å²) in [5, 5.41) is 9.21. The number of hydrogen-bond donors (Lipinski definition) is 2. The predicted molar refractivity (Wildman–Crippen MR) is 77.3 cm³/mol. The number of phenolic OH excluding ortho intramolecular Hbond substituents is 1. The van der Waals surface area contributed by atoms with Crippen LogP contribution in [0.2, 0.25) is 0 Å². The molecule has 0 unspecified atom stereocenters. The number of rotatable bonds is 4. The van der Waals surface area contributed by atoms with E-state index in [0.29, 0.717) is 6.42 Å². The molecule has 0 spiro atoms. The van der Waals surface area contributed by atoms with Crippen molar-refractivity contribution >= 4 is 5.97 Å². The molecular formula is C16H23NO3. The van der Waals surface area contributed by atoms with Gasteiger partial charge in [0.25, 0.3) is 0 Å². The van der Waals surface area contributed by atoms with Gasteiger partial charge in [-0.3, -0.25) is 4.79 Å². The summed E-state index contributed by atoms with van der Waals surface area (Å²) >= 11 is 0. The van der Waals surface area contributed by atoms with Crippen LogP contribution in [0.1, 0.15) is 38.2 Å². The third-order valence-electron chi connectivity index (χ3n) is 3.94. The average molecular weight is 277 g/mol. The highest BCUT2D eigenvalue weighted by atomic mass is 16.5. The number of hydrogen-bond acceptors (Lipinski definition) is 4. The summed E-state index contributed by atoms with van der Waals surface area (Å²) in [5.74, 6) is 0.620. The average Bonchev–Trinajstić information content (AvgIpc) is 2.44. The van der Waals surface area contributed by atoms with Gasteiger partial charge in [-0.15, -0.1) is 0 Å². The Bertz CT molecular complexity index is 436. The van der Waals surface area contributed by atoms with E-state index < -0.39 is 6.04 Å². The molecule has 0 aromatic heterocycles. The van der Waals surface area contributed by atoms with E-state index in [-0.39, 0.29) is 17.8 Å². The van der Waals surface area contributed by atoms with Crippen LogP contribution < -0.4 is 5.73 Å². The molecule has 1 aliphatic carbocycles. The minimum atomic E-state index is -0.640. The molecule has 1 fully saturated rings. The molecule has 110 valence electrons. The number of aromatic hydroxyl groups is 1. The fourth-order valence-electron chi connectivity index (χ4n) is 2.57. The van der Waals surface area contributed by atoms with E-state index in [1.165, 1.54) is 0 Å². The first kappa shape index (κ1) is 14.9. The van der Waals surface area contributed by atoms with E-state index in [9.17, 15) is 9.90 Å². The maximum Gasteiger partial charge on any atom is 0.323 e. The summed E-state index contributed by atoms with van der Waals surface area (Å²) < 4.78 is 5.48. The highest BCUT2D eigenvalue weighted by Gasteiger charge is 2.24. The summed E-state index contributed by atoms with van der Waals surface area (Å²) in [7, 11) is 0. The number of carbonyl (C=O) groups excluding carboxylic acids is 1. The van der Waals surface area contributed by atoms with Gasteiger partial charge in [-0.1, -0.05) is 19.1 Å². The fraction of sp³-hybridized carbons (Fsp3) is 0.562. The first-order valence-corrected chi connectivity index (χ1v) is 7.28. The molecule has 1 saturated carbocycles. The van der Waals surface area contributed by atoms with Crippen molar-refractivity contribution < 1.29 is 14.6 Å². The van der Waals surface area contributed by atoms with Crippen LogP contribution in [-0.4, -0.2) is 23.2 Å². The SMILES string of the molecule is CC1CCC(OC(=O)[C@H](N)Cc2ccc(O)cc2)CC1. The van der Waals surface area contributed by atoms with Gasteiger partial charge in [-0.2, -0.15) is 0 Å². The summed E-state index contributed by atoms with van der Waals surface area (Å²) in [6.45, 7) is 2.23. The van der Waals surface area contributed by atoms with Crippen molar-refractivity contribution in [2.24, 2.45) is 11.7 Å². The van der Waals surface area contributed by atoms with Gasteiger partial charge in [0.15, 0.2) is 0 Å². The summed E-state index contributed by atoms with van der Waals surface area (Å²) in [6.07, 6.45) is 4.58. The van der Waals surface area contributed by atoms with Gasteiger partial charge >= 0.3 is 5.97 Å². The summed E-state index contributed by atoms with van der Waals surface area (Å²) in [6, 6.07) is 6.08. The van der Waals surface area contributed by atoms with E-state index >= 15 is 0 Å². The Hall–Kier alpha value is -1.55. The molecule has 1 atom stereocenters. The van der Waals surface area contributed by atoms with Gasteiger partial charge in [-0.05, 0) is 55.7 Å². The van der Waals surface area contributed by atoms with Crippen LogP contribution in [0.4, 0.5) is 0 Å². The van der Waals surface area contributed by atoms with E-state index in [0.717, 1.165) is 37.2 Å². The third-order valence-corrected chi connectivity index (χ3v) is 3.94. The third kappa shape index (κ3) is 4.23. The normalized spacial score (nSPS) is 24.1. The van der Waals surface area contributed by atoms with Gasteiger partial charge < -0.3 is 15.6 Å². The lowest BCUT2D eigenvalue weighted by Gasteiger charge is -2.27. The standard InChI is InChI=1S/C16H23NO3/c1-11-2-8-14(9-3-11)20-16(19)15(17)10-12-4-6-13(18)7-5-12/h4-7,11,14-15,18H,2-3,8-10,17H2,1H3/t11?,14?,15-/m1/s1. The molecule has 4 nitrogen and oxygen atoms in total. The molecule has 0 saturated heterocycles. The Morgan fingerprint density at radius 3 is 2.50 bits per heavy atom. The lowest BCUT2D eigenvalue weighted by molar-refractivity contribution is -0.152. The van der Waals surface area contributed by atoms with Gasteiger partial charge in [0.2, 0.25) is 0 Å². The fourth-order valence-corrected chi connectivity index (χ4v) is 2.57. The highest BCUT2D eigenvalue weighted by Crippen LogP contribution is 2.25. The minimum Gasteiger partial charge on any atom is -0.508 e. The number of ether oxygens (including phenoxy) is 1. The van der Waals surface area contributed by atoms with Gasteiger partial charge in [0.05, 0.1) is 0 Å². The van der Waals surface area contributed by atoms with Crippen LogP contribution in [0.15, 0.2) is 24.3 Å². The maximum atomic E-state index is 12.0. The molecule has 3 N–H and O–H groups in total. The second-order valence-corrected chi connectivity index (χ2v) is 5.80. The Labute approximate surface area is 119 Å². The molecule has 1 aliphatic rings. The molecular weight excluding hydrogens is 254 g/mol. The number of benzene rings is 1. The summed E-state index contributed by atoms with van der Waals surface area (Å²) in [5.41, 5.74) is 6.82. The zero-order valence-electron chi connectivity index (χ0n) is 11.9. The quantitative estimate of drug-likeness (QED) is 0.829. The van der Waals surface area contributed by atoms with Crippen molar-refractivity contribution in [3.05, 3.63) is 29.8 Å². The maximum absolute atomic E-state index is 12.0. The van der Waals surface area contributed by atoms with Gasteiger partial charge in [0.1, 0.15) is 17.9 Å². The number of nitrogens with two attached hydrogens (primary N) is 1. The Morgan fingerprint density at radius 1 is 1.30 bits per heavy atom. The minimum absolute atomic E-state index is 0.0320.